The van der Waals surface area contributed by atoms with E-state index in [-0.39, 0.29) is 5.91 Å². The van der Waals surface area contributed by atoms with E-state index >= 15 is 0 Å². The molecule has 1 aliphatic carbocycles. The van der Waals surface area contributed by atoms with Gasteiger partial charge in [-0.1, -0.05) is 6.92 Å². The van der Waals surface area contributed by atoms with E-state index in [1.165, 1.54) is 11.3 Å². The number of aryl methyl sites for hydroxylation is 3. The number of carbonyl (C=O) groups is 1. The van der Waals surface area contributed by atoms with Crippen LogP contribution in [0.4, 0.5) is 5.13 Å². The van der Waals surface area contributed by atoms with Crippen molar-refractivity contribution in [3.05, 3.63) is 28.0 Å². The minimum Gasteiger partial charge on any atom is -0.296 e. The molecule has 20 heavy (non-hydrogen) atoms. The van der Waals surface area contributed by atoms with Crippen molar-refractivity contribution in [1.82, 2.24) is 14.8 Å². The molecular formula is C14H18N4OS. The monoisotopic (exact) mass is 290 g/mol. The van der Waals surface area contributed by atoms with Gasteiger partial charge in [0.15, 0.2) is 5.13 Å². The highest BCUT2D eigenvalue weighted by Crippen LogP contribution is 2.32. The Labute approximate surface area is 122 Å². The molecule has 5 nitrogen and oxygen atoms in total. The molecule has 1 unspecified atom stereocenters. The Kier molecular flexibility index (Phi) is 3.33. The molecule has 0 bridgehead atoms. The van der Waals surface area contributed by atoms with Crippen molar-refractivity contribution in [3.63, 3.8) is 0 Å². The summed E-state index contributed by atoms with van der Waals surface area (Å²) >= 11 is 1.60. The molecular weight excluding hydrogens is 272 g/mol. The van der Waals surface area contributed by atoms with E-state index < -0.39 is 0 Å². The Hall–Kier alpha value is -1.69. The van der Waals surface area contributed by atoms with E-state index in [9.17, 15) is 4.79 Å². The number of rotatable bonds is 2. The molecule has 2 heterocycles. The third-order valence-electron chi connectivity index (χ3n) is 3.74. The zero-order chi connectivity index (χ0) is 14.3. The first-order chi connectivity index (χ1) is 9.54. The lowest BCUT2D eigenvalue weighted by molar-refractivity contribution is 0.101. The van der Waals surface area contributed by atoms with Crippen LogP contribution in [0, 0.1) is 12.8 Å². The van der Waals surface area contributed by atoms with Gasteiger partial charge in [-0.05, 0) is 37.7 Å². The zero-order valence-corrected chi connectivity index (χ0v) is 12.8. The van der Waals surface area contributed by atoms with Gasteiger partial charge in [0.05, 0.1) is 11.9 Å². The Morgan fingerprint density at radius 3 is 3.05 bits per heavy atom. The van der Waals surface area contributed by atoms with Crippen LogP contribution < -0.4 is 5.32 Å². The fraction of sp³-hybridized carbons (Fsp3) is 0.500. The van der Waals surface area contributed by atoms with Gasteiger partial charge in [0.25, 0.3) is 5.91 Å². The fourth-order valence-corrected chi connectivity index (χ4v) is 3.79. The van der Waals surface area contributed by atoms with Gasteiger partial charge in [0.1, 0.15) is 5.69 Å². The van der Waals surface area contributed by atoms with Crippen molar-refractivity contribution in [2.24, 2.45) is 13.0 Å². The molecule has 0 spiro atoms. The number of anilines is 1. The number of nitrogens with one attached hydrogen (secondary N) is 1. The van der Waals surface area contributed by atoms with Gasteiger partial charge in [-0.3, -0.25) is 14.8 Å². The van der Waals surface area contributed by atoms with E-state index in [4.69, 9.17) is 0 Å². The van der Waals surface area contributed by atoms with Crippen molar-refractivity contribution in [2.75, 3.05) is 5.32 Å². The van der Waals surface area contributed by atoms with Crippen LogP contribution in [0.2, 0.25) is 0 Å². The van der Waals surface area contributed by atoms with Crippen LogP contribution in [0.1, 0.15) is 40.0 Å². The lowest BCUT2D eigenvalue weighted by Crippen LogP contribution is -2.17. The lowest BCUT2D eigenvalue weighted by atomic mass is 9.93. The predicted octanol–water partition coefficient (Wildman–Crippen LogP) is 2.56. The second-order valence-corrected chi connectivity index (χ2v) is 6.57. The van der Waals surface area contributed by atoms with Crippen molar-refractivity contribution < 1.29 is 4.79 Å². The summed E-state index contributed by atoms with van der Waals surface area (Å²) < 4.78 is 1.60. The molecule has 0 saturated heterocycles. The van der Waals surface area contributed by atoms with Gasteiger partial charge in [0, 0.05) is 11.9 Å². The second kappa shape index (κ2) is 5.01. The van der Waals surface area contributed by atoms with Gasteiger partial charge in [0.2, 0.25) is 0 Å². The topological polar surface area (TPSA) is 59.8 Å². The molecule has 106 valence electrons. The zero-order valence-electron chi connectivity index (χ0n) is 11.9. The predicted molar refractivity (Wildman–Crippen MR) is 79.2 cm³/mol. The van der Waals surface area contributed by atoms with Gasteiger partial charge in [-0.25, -0.2) is 4.98 Å². The maximum absolute atomic E-state index is 12.3. The highest BCUT2D eigenvalue weighted by molar-refractivity contribution is 7.15. The largest absolute Gasteiger partial charge is 0.296 e. The van der Waals surface area contributed by atoms with Crippen LogP contribution in [-0.2, 0) is 19.9 Å². The SMILES string of the molecule is Cc1cnn(C)c1C(=O)Nc1nc2c(s1)CC(C)CC2. The average molecular weight is 290 g/mol. The highest BCUT2D eigenvalue weighted by atomic mass is 32.1. The molecule has 1 aliphatic rings. The molecule has 0 fully saturated rings. The molecule has 6 heteroatoms. The summed E-state index contributed by atoms with van der Waals surface area (Å²) in [7, 11) is 1.77. The Morgan fingerprint density at radius 1 is 1.55 bits per heavy atom. The van der Waals surface area contributed by atoms with Crippen LogP contribution in [-0.4, -0.2) is 20.7 Å². The minimum absolute atomic E-state index is 0.137. The summed E-state index contributed by atoms with van der Waals surface area (Å²) in [5.74, 6) is 0.576. The van der Waals surface area contributed by atoms with Crippen LogP contribution in [0.15, 0.2) is 6.20 Å². The number of amides is 1. The Balaban J connectivity index is 1.80. The quantitative estimate of drug-likeness (QED) is 0.924. The van der Waals surface area contributed by atoms with E-state index in [1.807, 2.05) is 6.92 Å². The minimum atomic E-state index is -0.137. The first-order valence-corrected chi connectivity index (χ1v) is 7.64. The summed E-state index contributed by atoms with van der Waals surface area (Å²) in [5, 5.41) is 7.70. The molecule has 0 radical (unpaired) electrons. The van der Waals surface area contributed by atoms with Crippen LogP contribution in [0.5, 0.6) is 0 Å². The molecule has 3 rings (SSSR count). The van der Waals surface area contributed by atoms with Crippen LogP contribution >= 0.6 is 11.3 Å². The lowest BCUT2D eigenvalue weighted by Gasteiger charge is -2.15. The molecule has 0 saturated carbocycles. The summed E-state index contributed by atoms with van der Waals surface area (Å²) in [6, 6.07) is 0. The third-order valence-corrected chi connectivity index (χ3v) is 4.78. The average Bonchev–Trinajstić information content (AvgIpc) is 2.92. The van der Waals surface area contributed by atoms with E-state index in [2.05, 4.69) is 22.3 Å². The summed E-state index contributed by atoms with van der Waals surface area (Å²) in [4.78, 5) is 18.2. The summed E-state index contributed by atoms with van der Waals surface area (Å²) in [6.45, 7) is 4.15. The summed E-state index contributed by atoms with van der Waals surface area (Å²) in [6.07, 6.45) is 4.98. The van der Waals surface area contributed by atoms with Crippen molar-refractivity contribution >= 4 is 22.4 Å². The number of nitrogens with zero attached hydrogens (tertiary/aromatic N) is 3. The number of carbonyl (C=O) groups excluding carboxylic acids is 1. The van der Waals surface area contributed by atoms with Crippen molar-refractivity contribution in [1.29, 1.82) is 0 Å². The van der Waals surface area contributed by atoms with Crippen molar-refractivity contribution in [3.8, 4) is 0 Å². The maximum Gasteiger partial charge on any atom is 0.275 e. The van der Waals surface area contributed by atoms with E-state index in [0.29, 0.717) is 16.7 Å². The Morgan fingerprint density at radius 2 is 2.35 bits per heavy atom. The molecule has 1 N–H and O–H groups in total. The molecule has 1 amide bonds. The maximum atomic E-state index is 12.3. The molecule has 1 atom stereocenters. The number of hydrogen-bond acceptors (Lipinski definition) is 4. The molecule has 2 aromatic rings. The Bertz CT molecular complexity index is 639. The van der Waals surface area contributed by atoms with Gasteiger partial charge in [-0.2, -0.15) is 5.10 Å². The highest BCUT2D eigenvalue weighted by Gasteiger charge is 2.21. The second-order valence-electron chi connectivity index (χ2n) is 5.49. The van der Waals surface area contributed by atoms with Gasteiger partial charge < -0.3 is 0 Å². The van der Waals surface area contributed by atoms with Gasteiger partial charge >= 0.3 is 0 Å². The normalized spacial score (nSPS) is 17.9. The first-order valence-electron chi connectivity index (χ1n) is 6.83. The first kappa shape index (κ1) is 13.3. The third kappa shape index (κ3) is 2.35. The fourth-order valence-electron chi connectivity index (χ4n) is 2.62. The van der Waals surface area contributed by atoms with Crippen LogP contribution in [0.3, 0.4) is 0 Å². The number of hydrogen-bond donors (Lipinski definition) is 1. The van der Waals surface area contributed by atoms with E-state index in [1.54, 1.807) is 29.3 Å². The number of thiazole rings is 1. The van der Waals surface area contributed by atoms with Gasteiger partial charge in [-0.15, -0.1) is 11.3 Å². The smallest absolute Gasteiger partial charge is 0.275 e. The molecule has 2 aromatic heterocycles. The molecule has 0 aromatic carbocycles. The number of aromatic nitrogens is 3. The van der Waals surface area contributed by atoms with E-state index in [0.717, 1.165) is 24.1 Å². The number of fused-ring (bicyclic) bond motifs is 1. The molecule has 0 aliphatic heterocycles. The summed E-state index contributed by atoms with van der Waals surface area (Å²) in [5.41, 5.74) is 2.62. The standard InChI is InChI=1S/C14H18N4OS/c1-8-4-5-10-11(6-8)20-14(16-10)17-13(19)12-9(2)7-15-18(12)3/h7-8H,4-6H2,1-3H3,(H,16,17,19). The van der Waals surface area contributed by atoms with Crippen molar-refractivity contribution in [2.45, 2.75) is 33.1 Å². The van der Waals surface area contributed by atoms with Crippen LogP contribution in [0.25, 0.3) is 0 Å².